The Morgan fingerprint density at radius 1 is 1.33 bits per heavy atom. The molecule has 1 aromatic heterocycles. The lowest BCUT2D eigenvalue weighted by Gasteiger charge is -2.08. The number of rotatable bonds is 2. The Morgan fingerprint density at radius 2 is 1.93 bits per heavy atom. The van der Waals surface area contributed by atoms with Crippen LogP contribution in [0.25, 0.3) is 0 Å². The molecule has 0 atom stereocenters. The summed E-state index contributed by atoms with van der Waals surface area (Å²) in [4.78, 5) is 2.49. The predicted molar refractivity (Wildman–Crippen MR) is 45.4 cm³/mol. The molecule has 0 aliphatic heterocycles. The highest BCUT2D eigenvalue weighted by molar-refractivity contribution is 7.92. The quantitative estimate of drug-likeness (QED) is 0.831. The molecule has 8 heteroatoms. The second kappa shape index (κ2) is 3.78. The minimum Gasteiger partial charge on any atom is -0.326 e. The Balaban J connectivity index is 3.29. The molecule has 15 heavy (non-hydrogen) atoms. The van der Waals surface area contributed by atoms with Crippen molar-refractivity contribution in [1.82, 2.24) is 4.98 Å². The van der Waals surface area contributed by atoms with Crippen LogP contribution in [0.3, 0.4) is 0 Å². The van der Waals surface area contributed by atoms with Gasteiger partial charge in [0.25, 0.3) is 9.84 Å². The number of nitrogens with two attached hydrogens (primary N) is 1. The van der Waals surface area contributed by atoms with Crippen LogP contribution in [0.5, 0.6) is 0 Å². The number of sulfone groups is 1. The van der Waals surface area contributed by atoms with Gasteiger partial charge >= 0.3 is 5.51 Å². The van der Waals surface area contributed by atoms with E-state index in [1.165, 1.54) is 6.20 Å². The molecular weight excluding hydrogens is 233 g/mol. The lowest BCUT2D eigenvalue weighted by atomic mass is 10.3. The van der Waals surface area contributed by atoms with Crippen molar-refractivity contribution in [3.8, 4) is 0 Å². The van der Waals surface area contributed by atoms with E-state index in [0.717, 1.165) is 6.07 Å². The maximum Gasteiger partial charge on any atom is 0.501 e. The molecule has 0 saturated heterocycles. The van der Waals surface area contributed by atoms with Gasteiger partial charge in [0.05, 0.1) is 4.90 Å². The summed E-state index contributed by atoms with van der Waals surface area (Å²) in [6, 6.07) is 0.857. The van der Waals surface area contributed by atoms with Gasteiger partial charge in [0.1, 0.15) is 0 Å². The molecule has 0 saturated carbocycles. The minimum atomic E-state index is -5.33. The maximum absolute atomic E-state index is 12.1. The molecule has 0 aliphatic carbocycles. The Labute approximate surface area is 83.8 Å². The van der Waals surface area contributed by atoms with Crippen LogP contribution in [-0.4, -0.2) is 18.9 Å². The van der Waals surface area contributed by atoms with E-state index in [-0.39, 0.29) is 12.1 Å². The molecule has 2 N–H and O–H groups in total. The monoisotopic (exact) mass is 240 g/mol. The highest BCUT2D eigenvalue weighted by Gasteiger charge is 2.47. The molecule has 1 aromatic rings. The van der Waals surface area contributed by atoms with E-state index in [1.807, 2.05) is 0 Å². The van der Waals surface area contributed by atoms with Gasteiger partial charge in [-0.1, -0.05) is 0 Å². The first-order chi connectivity index (χ1) is 6.79. The second-order valence-electron chi connectivity index (χ2n) is 2.68. The van der Waals surface area contributed by atoms with E-state index in [2.05, 4.69) is 4.98 Å². The van der Waals surface area contributed by atoms with Crippen molar-refractivity contribution >= 4 is 9.84 Å². The number of hydrogen-bond acceptors (Lipinski definition) is 4. The fourth-order valence-electron chi connectivity index (χ4n) is 0.856. The fraction of sp³-hybridized carbons (Fsp3) is 0.286. The first-order valence-corrected chi connectivity index (χ1v) is 5.22. The Kier molecular flexibility index (Phi) is 3.00. The SMILES string of the molecule is NCc1cncc(S(=O)(=O)C(F)(F)F)c1. The van der Waals surface area contributed by atoms with Crippen LogP contribution in [-0.2, 0) is 16.4 Å². The molecule has 0 amide bonds. The summed E-state index contributed by atoms with van der Waals surface area (Å²) in [5.41, 5.74) is 0.0599. The molecule has 0 aliphatic rings. The third-order valence-corrected chi connectivity index (χ3v) is 3.07. The average Bonchev–Trinajstić information content (AvgIpc) is 2.16. The highest BCUT2D eigenvalue weighted by atomic mass is 32.2. The standard InChI is InChI=1S/C7H7F3N2O2S/c8-7(9,10)15(13,14)6-1-5(2-11)3-12-4-6/h1,3-4H,2,11H2. The van der Waals surface area contributed by atoms with E-state index in [4.69, 9.17) is 5.73 Å². The first-order valence-electron chi connectivity index (χ1n) is 3.74. The van der Waals surface area contributed by atoms with Crippen LogP contribution in [0.2, 0.25) is 0 Å². The Morgan fingerprint density at radius 3 is 2.40 bits per heavy atom. The van der Waals surface area contributed by atoms with Crippen LogP contribution in [0, 0.1) is 0 Å². The topological polar surface area (TPSA) is 73.0 Å². The van der Waals surface area contributed by atoms with Gasteiger partial charge < -0.3 is 5.73 Å². The summed E-state index contributed by atoms with van der Waals surface area (Å²) in [6.45, 7) is -0.0752. The van der Waals surface area contributed by atoms with Crippen molar-refractivity contribution in [2.24, 2.45) is 5.73 Å². The molecular formula is C7H7F3N2O2S. The normalized spacial score (nSPS) is 12.8. The summed E-state index contributed by atoms with van der Waals surface area (Å²) in [6.07, 6.45) is 1.84. The Bertz CT molecular complexity index is 456. The maximum atomic E-state index is 12.1. The zero-order valence-electron chi connectivity index (χ0n) is 7.32. The largest absolute Gasteiger partial charge is 0.501 e. The van der Waals surface area contributed by atoms with Gasteiger partial charge in [-0.3, -0.25) is 4.98 Å². The molecule has 0 radical (unpaired) electrons. The third-order valence-electron chi connectivity index (χ3n) is 1.62. The number of aromatic nitrogens is 1. The van der Waals surface area contributed by atoms with E-state index in [0.29, 0.717) is 6.20 Å². The molecule has 1 heterocycles. The van der Waals surface area contributed by atoms with Crippen LogP contribution in [0.4, 0.5) is 13.2 Å². The zero-order chi connectivity index (χ0) is 11.7. The van der Waals surface area contributed by atoms with Crippen LogP contribution >= 0.6 is 0 Å². The molecule has 0 aromatic carbocycles. The summed E-state index contributed by atoms with van der Waals surface area (Å²) in [5, 5.41) is 0. The van der Waals surface area contributed by atoms with Crippen LogP contribution in [0.15, 0.2) is 23.4 Å². The van der Waals surface area contributed by atoms with Crippen molar-refractivity contribution < 1.29 is 21.6 Å². The van der Waals surface area contributed by atoms with Gasteiger partial charge in [0.15, 0.2) is 0 Å². The molecule has 0 fully saturated rings. The number of alkyl halides is 3. The lowest BCUT2D eigenvalue weighted by Crippen LogP contribution is -2.23. The van der Waals surface area contributed by atoms with E-state index >= 15 is 0 Å². The summed E-state index contributed by atoms with van der Waals surface area (Å²) in [5.74, 6) is 0. The summed E-state index contributed by atoms with van der Waals surface area (Å²) >= 11 is 0. The average molecular weight is 240 g/mol. The zero-order valence-corrected chi connectivity index (χ0v) is 8.14. The number of hydrogen-bond donors (Lipinski definition) is 1. The third kappa shape index (κ3) is 2.26. The van der Waals surface area contributed by atoms with Crippen molar-refractivity contribution in [3.05, 3.63) is 24.0 Å². The molecule has 0 bridgehead atoms. The van der Waals surface area contributed by atoms with E-state index in [1.54, 1.807) is 0 Å². The van der Waals surface area contributed by atoms with Crippen LogP contribution in [0.1, 0.15) is 5.56 Å². The molecule has 0 spiro atoms. The van der Waals surface area contributed by atoms with Gasteiger partial charge in [0, 0.05) is 18.9 Å². The van der Waals surface area contributed by atoms with Gasteiger partial charge in [-0.25, -0.2) is 8.42 Å². The molecule has 1 rings (SSSR count). The Hall–Kier alpha value is -1.15. The highest BCUT2D eigenvalue weighted by Crippen LogP contribution is 2.29. The van der Waals surface area contributed by atoms with Gasteiger partial charge in [-0.15, -0.1) is 0 Å². The van der Waals surface area contributed by atoms with Crippen molar-refractivity contribution in [1.29, 1.82) is 0 Å². The minimum absolute atomic E-state index is 0.0752. The molecule has 0 unspecified atom stereocenters. The van der Waals surface area contributed by atoms with Crippen molar-refractivity contribution in [3.63, 3.8) is 0 Å². The van der Waals surface area contributed by atoms with Gasteiger partial charge in [-0.05, 0) is 11.6 Å². The predicted octanol–water partition coefficient (Wildman–Crippen LogP) is 0.834. The number of pyridine rings is 1. The molecule has 4 nitrogen and oxygen atoms in total. The second-order valence-corrected chi connectivity index (χ2v) is 4.62. The fourth-order valence-corrected chi connectivity index (χ4v) is 1.63. The van der Waals surface area contributed by atoms with Crippen molar-refractivity contribution in [2.75, 3.05) is 0 Å². The molecule has 84 valence electrons. The van der Waals surface area contributed by atoms with E-state index < -0.39 is 20.2 Å². The van der Waals surface area contributed by atoms with Crippen molar-refractivity contribution in [2.45, 2.75) is 16.9 Å². The number of nitrogens with zero attached hydrogens (tertiary/aromatic N) is 1. The van der Waals surface area contributed by atoms with E-state index in [9.17, 15) is 21.6 Å². The van der Waals surface area contributed by atoms with Crippen LogP contribution < -0.4 is 5.73 Å². The number of halogens is 3. The summed E-state index contributed by atoms with van der Waals surface area (Å²) in [7, 11) is -5.33. The lowest BCUT2D eigenvalue weighted by molar-refractivity contribution is -0.0436. The first kappa shape index (κ1) is 11.9. The summed E-state index contributed by atoms with van der Waals surface area (Å²) < 4.78 is 58.2. The smallest absolute Gasteiger partial charge is 0.326 e. The van der Waals surface area contributed by atoms with Gasteiger partial charge in [0.2, 0.25) is 0 Å². The van der Waals surface area contributed by atoms with Gasteiger partial charge in [-0.2, -0.15) is 13.2 Å².